The highest BCUT2D eigenvalue weighted by molar-refractivity contribution is 5.94. The van der Waals surface area contributed by atoms with Crippen molar-refractivity contribution in [3.05, 3.63) is 62.8 Å². The highest BCUT2D eigenvalue weighted by Crippen LogP contribution is 2.18. The van der Waals surface area contributed by atoms with Crippen molar-refractivity contribution in [2.45, 2.75) is 39.7 Å². The number of aromatic carboxylic acids is 1. The van der Waals surface area contributed by atoms with Crippen molar-refractivity contribution < 1.29 is 14.7 Å². The van der Waals surface area contributed by atoms with Crippen molar-refractivity contribution in [1.29, 1.82) is 0 Å². The normalized spacial score (nSPS) is 11.3. The van der Waals surface area contributed by atoms with E-state index >= 15 is 0 Å². The van der Waals surface area contributed by atoms with E-state index in [0.717, 1.165) is 5.56 Å². The van der Waals surface area contributed by atoms with Crippen molar-refractivity contribution in [3.63, 3.8) is 0 Å². The van der Waals surface area contributed by atoms with Crippen LogP contribution in [0, 0.1) is 6.92 Å². The Kier molecular flexibility index (Phi) is 5.30. The van der Waals surface area contributed by atoms with E-state index in [-0.39, 0.29) is 23.1 Å². The van der Waals surface area contributed by atoms with Gasteiger partial charge in [-0.2, -0.15) is 0 Å². The van der Waals surface area contributed by atoms with Gasteiger partial charge in [-0.25, -0.2) is 9.78 Å². The molecule has 0 bridgehead atoms. The molecule has 0 aliphatic rings. The first-order valence-electron chi connectivity index (χ1n) is 8.20. The van der Waals surface area contributed by atoms with Crippen molar-refractivity contribution in [1.82, 2.24) is 14.9 Å². The number of aromatic nitrogens is 2. The lowest BCUT2D eigenvalue weighted by Crippen LogP contribution is -2.34. The van der Waals surface area contributed by atoms with Crippen LogP contribution < -0.4 is 5.56 Å². The molecule has 1 aromatic heterocycles. The molecule has 0 aliphatic carbocycles. The van der Waals surface area contributed by atoms with E-state index in [2.05, 4.69) is 9.97 Å². The molecule has 0 aliphatic heterocycles. The Hall–Kier alpha value is -2.96. The standard InChI is InChI=1S/C19H23N3O4/c1-11-14(15(23)21-18(20-11)19(2,3)4)16(24)22(5)10-12-6-8-13(9-7-12)17(25)26/h6-9H,10H2,1-5H3,(H,25,26)(H,20,21,23). The minimum Gasteiger partial charge on any atom is -0.478 e. The van der Waals surface area contributed by atoms with Gasteiger partial charge in [0, 0.05) is 19.0 Å². The van der Waals surface area contributed by atoms with Gasteiger partial charge in [-0.05, 0) is 24.6 Å². The predicted octanol–water partition coefficient (Wildman–Crippen LogP) is 2.35. The van der Waals surface area contributed by atoms with Gasteiger partial charge >= 0.3 is 5.97 Å². The minimum absolute atomic E-state index is 0.0163. The van der Waals surface area contributed by atoms with Crippen molar-refractivity contribution in [2.24, 2.45) is 0 Å². The zero-order valence-corrected chi connectivity index (χ0v) is 15.6. The van der Waals surface area contributed by atoms with Crippen LogP contribution in [0.4, 0.5) is 0 Å². The Morgan fingerprint density at radius 2 is 1.77 bits per heavy atom. The molecule has 0 saturated heterocycles. The largest absolute Gasteiger partial charge is 0.478 e. The van der Waals surface area contributed by atoms with Crippen molar-refractivity contribution in [3.8, 4) is 0 Å². The number of carbonyl (C=O) groups excluding carboxylic acids is 1. The Balaban J connectivity index is 2.25. The van der Waals surface area contributed by atoms with Crippen LogP contribution in [0.2, 0.25) is 0 Å². The van der Waals surface area contributed by atoms with E-state index in [9.17, 15) is 14.4 Å². The molecular weight excluding hydrogens is 334 g/mol. The van der Waals surface area contributed by atoms with Crippen LogP contribution in [0.25, 0.3) is 0 Å². The minimum atomic E-state index is -1.01. The molecule has 0 radical (unpaired) electrons. The molecule has 138 valence electrons. The number of carbonyl (C=O) groups is 2. The van der Waals surface area contributed by atoms with Crippen LogP contribution >= 0.6 is 0 Å². The smallest absolute Gasteiger partial charge is 0.335 e. The highest BCUT2D eigenvalue weighted by atomic mass is 16.4. The number of H-pyrrole nitrogens is 1. The molecule has 2 rings (SSSR count). The fraction of sp³-hybridized carbons (Fsp3) is 0.368. The van der Waals surface area contributed by atoms with E-state index in [1.54, 1.807) is 26.1 Å². The molecule has 0 spiro atoms. The van der Waals surface area contributed by atoms with Crippen LogP contribution in [0.1, 0.15) is 58.6 Å². The Bertz CT molecular complexity index is 892. The fourth-order valence-electron chi connectivity index (χ4n) is 2.48. The lowest BCUT2D eigenvalue weighted by Gasteiger charge is -2.21. The second-order valence-electron chi connectivity index (χ2n) is 7.29. The Labute approximate surface area is 151 Å². The molecular formula is C19H23N3O4. The molecule has 2 N–H and O–H groups in total. The number of aryl methyl sites for hydroxylation is 1. The summed E-state index contributed by atoms with van der Waals surface area (Å²) in [5, 5.41) is 8.93. The van der Waals surface area contributed by atoms with Gasteiger partial charge in [-0.3, -0.25) is 9.59 Å². The van der Waals surface area contributed by atoms with E-state index in [0.29, 0.717) is 11.5 Å². The number of benzene rings is 1. The molecule has 0 saturated carbocycles. The number of hydrogen-bond donors (Lipinski definition) is 2. The third kappa shape index (κ3) is 4.17. The maximum Gasteiger partial charge on any atom is 0.335 e. The molecule has 7 heteroatoms. The molecule has 0 unspecified atom stereocenters. The first-order valence-corrected chi connectivity index (χ1v) is 8.20. The Morgan fingerprint density at radius 1 is 1.19 bits per heavy atom. The summed E-state index contributed by atoms with van der Waals surface area (Å²) in [6, 6.07) is 6.25. The number of amides is 1. The maximum absolute atomic E-state index is 12.7. The van der Waals surface area contributed by atoms with Gasteiger partial charge in [0.1, 0.15) is 11.4 Å². The summed E-state index contributed by atoms with van der Waals surface area (Å²) in [6.45, 7) is 7.68. The first-order chi connectivity index (χ1) is 12.0. The Morgan fingerprint density at radius 3 is 2.23 bits per heavy atom. The monoisotopic (exact) mass is 357 g/mol. The third-order valence-electron chi connectivity index (χ3n) is 3.99. The molecule has 2 aromatic rings. The molecule has 0 fully saturated rings. The lowest BCUT2D eigenvalue weighted by molar-refractivity contribution is 0.0695. The predicted molar refractivity (Wildman–Crippen MR) is 97.5 cm³/mol. The maximum atomic E-state index is 12.7. The summed E-state index contributed by atoms with van der Waals surface area (Å²) in [5.41, 5.74) is 0.555. The second kappa shape index (κ2) is 7.11. The summed E-state index contributed by atoms with van der Waals surface area (Å²) >= 11 is 0. The number of nitrogens with one attached hydrogen (secondary N) is 1. The first kappa shape index (κ1) is 19.4. The zero-order valence-electron chi connectivity index (χ0n) is 15.6. The second-order valence-corrected chi connectivity index (χ2v) is 7.29. The highest BCUT2D eigenvalue weighted by Gasteiger charge is 2.24. The third-order valence-corrected chi connectivity index (χ3v) is 3.99. The van der Waals surface area contributed by atoms with Crippen LogP contribution in [-0.4, -0.2) is 38.9 Å². The van der Waals surface area contributed by atoms with Gasteiger partial charge in [0.25, 0.3) is 11.5 Å². The lowest BCUT2D eigenvalue weighted by atomic mass is 9.95. The topological polar surface area (TPSA) is 103 Å². The molecule has 0 atom stereocenters. The van der Waals surface area contributed by atoms with Gasteiger partial charge in [-0.15, -0.1) is 0 Å². The molecule has 1 amide bonds. The average Bonchev–Trinajstić information content (AvgIpc) is 2.53. The van der Waals surface area contributed by atoms with Crippen molar-refractivity contribution >= 4 is 11.9 Å². The van der Waals surface area contributed by atoms with Crippen molar-refractivity contribution in [2.75, 3.05) is 7.05 Å². The van der Waals surface area contributed by atoms with E-state index in [1.165, 1.54) is 17.0 Å². The van der Waals surface area contributed by atoms with Gasteiger partial charge in [0.05, 0.1) is 11.3 Å². The van der Waals surface area contributed by atoms with Gasteiger partial charge in [-0.1, -0.05) is 32.9 Å². The van der Waals surface area contributed by atoms with Gasteiger partial charge in [0.15, 0.2) is 0 Å². The van der Waals surface area contributed by atoms with Gasteiger partial charge in [0.2, 0.25) is 0 Å². The average molecular weight is 357 g/mol. The molecule has 1 aromatic carbocycles. The summed E-state index contributed by atoms with van der Waals surface area (Å²) in [7, 11) is 1.59. The number of rotatable bonds is 4. The summed E-state index contributed by atoms with van der Waals surface area (Å²) in [6.07, 6.45) is 0. The fourth-order valence-corrected chi connectivity index (χ4v) is 2.48. The number of carboxylic acid groups (broad SMARTS) is 1. The molecule has 26 heavy (non-hydrogen) atoms. The number of hydrogen-bond acceptors (Lipinski definition) is 4. The van der Waals surface area contributed by atoms with Crippen LogP contribution in [0.5, 0.6) is 0 Å². The zero-order chi connectivity index (χ0) is 19.6. The van der Waals surface area contributed by atoms with E-state index in [1.807, 2.05) is 20.8 Å². The summed E-state index contributed by atoms with van der Waals surface area (Å²) in [4.78, 5) is 44.5. The van der Waals surface area contributed by atoms with E-state index < -0.39 is 17.4 Å². The number of nitrogens with zero attached hydrogens (tertiary/aromatic N) is 2. The molecule has 7 nitrogen and oxygen atoms in total. The van der Waals surface area contributed by atoms with Crippen LogP contribution in [0.3, 0.4) is 0 Å². The quantitative estimate of drug-likeness (QED) is 0.874. The summed E-state index contributed by atoms with van der Waals surface area (Å²) < 4.78 is 0. The van der Waals surface area contributed by atoms with Crippen LogP contribution in [-0.2, 0) is 12.0 Å². The summed E-state index contributed by atoms with van der Waals surface area (Å²) in [5.74, 6) is -0.907. The van der Waals surface area contributed by atoms with Gasteiger partial charge < -0.3 is 15.0 Å². The molecule has 1 heterocycles. The number of carboxylic acids is 1. The van der Waals surface area contributed by atoms with E-state index in [4.69, 9.17) is 5.11 Å². The van der Waals surface area contributed by atoms with Crippen LogP contribution in [0.15, 0.2) is 29.1 Å². The SMILES string of the molecule is Cc1nc(C(C)(C)C)[nH]c(=O)c1C(=O)N(C)Cc1ccc(C(=O)O)cc1. The number of aromatic amines is 1.